The molecule has 8 heteroatoms. The highest BCUT2D eigenvalue weighted by molar-refractivity contribution is 5.92. The molecule has 25 heavy (non-hydrogen) atoms. The maximum absolute atomic E-state index is 13.3. The molecule has 6 nitrogen and oxygen atoms in total. The minimum absolute atomic E-state index is 0.0112. The Morgan fingerprint density at radius 3 is 2.44 bits per heavy atom. The van der Waals surface area contributed by atoms with E-state index in [1.54, 1.807) is 12.1 Å². The van der Waals surface area contributed by atoms with Gasteiger partial charge in [0.05, 0.1) is 19.2 Å². The van der Waals surface area contributed by atoms with Crippen molar-refractivity contribution in [1.29, 1.82) is 0 Å². The van der Waals surface area contributed by atoms with E-state index < -0.39 is 23.6 Å². The van der Waals surface area contributed by atoms with E-state index in [4.69, 9.17) is 4.74 Å². The van der Waals surface area contributed by atoms with Gasteiger partial charge in [-0.25, -0.2) is 18.4 Å². The van der Waals surface area contributed by atoms with E-state index in [9.17, 15) is 18.4 Å². The van der Waals surface area contributed by atoms with Crippen LogP contribution in [0.15, 0.2) is 42.5 Å². The molecule has 0 saturated heterocycles. The van der Waals surface area contributed by atoms with Gasteiger partial charge >= 0.3 is 12.0 Å². The molecular weight excluding hydrogens is 334 g/mol. The second-order valence-electron chi connectivity index (χ2n) is 4.87. The molecule has 2 N–H and O–H groups in total. The Morgan fingerprint density at radius 1 is 1.08 bits per heavy atom. The van der Waals surface area contributed by atoms with Gasteiger partial charge in [0.25, 0.3) is 0 Å². The summed E-state index contributed by atoms with van der Waals surface area (Å²) in [5.74, 6) is -2.07. The van der Waals surface area contributed by atoms with E-state index >= 15 is 0 Å². The lowest BCUT2D eigenvalue weighted by Gasteiger charge is -2.10. The number of amides is 2. The Morgan fingerprint density at radius 2 is 1.80 bits per heavy atom. The predicted molar refractivity (Wildman–Crippen MR) is 86.7 cm³/mol. The number of hydrogen-bond donors (Lipinski definition) is 2. The van der Waals surface area contributed by atoms with E-state index in [1.807, 2.05) is 0 Å². The molecule has 0 unspecified atom stereocenters. The van der Waals surface area contributed by atoms with E-state index in [0.29, 0.717) is 17.3 Å². The molecular formula is C17H16F2N2O4. The largest absolute Gasteiger partial charge is 0.489 e. The molecule has 0 atom stereocenters. The van der Waals surface area contributed by atoms with Crippen LogP contribution in [0.1, 0.15) is 10.4 Å². The molecule has 0 aliphatic carbocycles. The summed E-state index contributed by atoms with van der Waals surface area (Å²) in [6.45, 7) is 0.125. The maximum Gasteiger partial charge on any atom is 0.337 e. The average Bonchev–Trinajstić information content (AvgIpc) is 2.60. The van der Waals surface area contributed by atoms with Crippen molar-refractivity contribution in [1.82, 2.24) is 5.32 Å². The van der Waals surface area contributed by atoms with Crippen LogP contribution in [0.4, 0.5) is 19.3 Å². The number of esters is 1. The number of anilines is 1. The van der Waals surface area contributed by atoms with E-state index in [2.05, 4.69) is 15.4 Å². The minimum atomic E-state index is -0.810. The van der Waals surface area contributed by atoms with Crippen LogP contribution in [0.5, 0.6) is 5.75 Å². The zero-order valence-electron chi connectivity index (χ0n) is 13.3. The highest BCUT2D eigenvalue weighted by Gasteiger charge is 2.07. The number of carbonyl (C=O) groups is 2. The number of halogens is 2. The normalized spacial score (nSPS) is 10.0. The van der Waals surface area contributed by atoms with Crippen LogP contribution < -0.4 is 15.4 Å². The predicted octanol–water partition coefficient (Wildman–Crippen LogP) is 2.95. The first-order valence-electron chi connectivity index (χ1n) is 7.30. The number of benzene rings is 2. The topological polar surface area (TPSA) is 76.7 Å². The molecule has 0 heterocycles. The number of nitrogens with one attached hydrogen (secondary N) is 2. The highest BCUT2D eigenvalue weighted by atomic mass is 19.1. The van der Waals surface area contributed by atoms with Crippen LogP contribution in [0.25, 0.3) is 0 Å². The van der Waals surface area contributed by atoms with Gasteiger partial charge in [0.2, 0.25) is 0 Å². The molecule has 0 bridgehead atoms. The van der Waals surface area contributed by atoms with Crippen LogP contribution in [0, 0.1) is 11.6 Å². The number of carbonyl (C=O) groups excluding carboxylic acids is 2. The molecule has 0 saturated carbocycles. The Balaban J connectivity index is 1.74. The first-order chi connectivity index (χ1) is 12.0. The smallest absolute Gasteiger partial charge is 0.337 e. The Hall–Kier alpha value is -3.16. The van der Waals surface area contributed by atoms with Gasteiger partial charge in [0.15, 0.2) is 11.6 Å². The number of hydrogen-bond acceptors (Lipinski definition) is 4. The lowest BCUT2D eigenvalue weighted by molar-refractivity contribution is 0.0600. The lowest BCUT2D eigenvalue weighted by Crippen LogP contribution is -2.32. The molecule has 0 spiro atoms. The summed E-state index contributed by atoms with van der Waals surface area (Å²) in [7, 11) is 1.28. The molecule has 2 aromatic rings. The second-order valence-corrected chi connectivity index (χ2v) is 4.87. The number of urea groups is 1. The Labute approximate surface area is 142 Å². The van der Waals surface area contributed by atoms with E-state index in [-0.39, 0.29) is 18.9 Å². The van der Waals surface area contributed by atoms with Crippen LogP contribution >= 0.6 is 0 Å². The molecule has 0 aliphatic heterocycles. The van der Waals surface area contributed by atoms with Crippen LogP contribution in [0.3, 0.4) is 0 Å². The lowest BCUT2D eigenvalue weighted by atomic mass is 10.2. The molecule has 0 fully saturated rings. The Bertz CT molecular complexity index is 751. The van der Waals surface area contributed by atoms with Crippen LogP contribution in [0.2, 0.25) is 0 Å². The summed E-state index contributed by atoms with van der Waals surface area (Å²) in [5, 5.41) is 5.08. The van der Waals surface area contributed by atoms with Crippen LogP contribution in [-0.2, 0) is 4.74 Å². The maximum atomic E-state index is 13.3. The summed E-state index contributed by atoms with van der Waals surface area (Å²) < 4.78 is 35.8. The zero-order chi connectivity index (χ0) is 18.2. The van der Waals surface area contributed by atoms with Crippen molar-refractivity contribution in [2.24, 2.45) is 0 Å². The summed E-state index contributed by atoms with van der Waals surface area (Å²) in [6, 6.07) is 8.61. The third kappa shape index (κ3) is 5.45. The molecule has 0 aromatic heterocycles. The summed E-state index contributed by atoms with van der Waals surface area (Å²) >= 11 is 0. The fraction of sp³-hybridized carbons (Fsp3) is 0.176. The molecule has 2 aromatic carbocycles. The summed E-state index contributed by atoms with van der Waals surface area (Å²) in [5.41, 5.74) is 0.846. The first kappa shape index (κ1) is 18.2. The van der Waals surface area contributed by atoms with Crippen molar-refractivity contribution in [3.8, 4) is 5.75 Å². The SMILES string of the molecule is COC(=O)c1ccc(NC(=O)NCCOc2ccc(F)cc2F)cc1. The Kier molecular flexibility index (Phi) is 6.27. The van der Waals surface area contributed by atoms with Crippen molar-refractivity contribution in [2.75, 3.05) is 25.6 Å². The van der Waals surface area contributed by atoms with E-state index in [1.165, 1.54) is 25.3 Å². The van der Waals surface area contributed by atoms with Crippen molar-refractivity contribution < 1.29 is 27.8 Å². The highest BCUT2D eigenvalue weighted by Crippen LogP contribution is 2.17. The van der Waals surface area contributed by atoms with E-state index in [0.717, 1.165) is 6.07 Å². The number of rotatable bonds is 6. The fourth-order valence-corrected chi connectivity index (χ4v) is 1.90. The van der Waals surface area contributed by atoms with Crippen molar-refractivity contribution in [3.63, 3.8) is 0 Å². The molecule has 132 valence electrons. The minimum Gasteiger partial charge on any atom is -0.489 e. The van der Waals surface area contributed by atoms with Gasteiger partial charge in [-0.05, 0) is 36.4 Å². The van der Waals surface area contributed by atoms with Crippen molar-refractivity contribution in [3.05, 3.63) is 59.7 Å². The monoisotopic (exact) mass is 350 g/mol. The van der Waals surface area contributed by atoms with Crippen molar-refractivity contribution >= 4 is 17.7 Å². The quantitative estimate of drug-likeness (QED) is 0.620. The average molecular weight is 350 g/mol. The van der Waals surface area contributed by atoms with Gasteiger partial charge in [-0.3, -0.25) is 0 Å². The number of ether oxygens (including phenoxy) is 2. The van der Waals surface area contributed by atoms with Gasteiger partial charge in [-0.15, -0.1) is 0 Å². The third-order valence-electron chi connectivity index (χ3n) is 3.10. The fourth-order valence-electron chi connectivity index (χ4n) is 1.90. The molecule has 2 amide bonds. The number of methoxy groups -OCH3 is 1. The zero-order valence-corrected chi connectivity index (χ0v) is 13.3. The standard InChI is InChI=1S/C17H16F2N2O4/c1-24-16(22)11-2-5-13(6-3-11)21-17(23)20-8-9-25-15-7-4-12(18)10-14(15)19/h2-7,10H,8-9H2,1H3,(H2,20,21,23). The third-order valence-corrected chi connectivity index (χ3v) is 3.10. The van der Waals surface area contributed by atoms with Crippen molar-refractivity contribution in [2.45, 2.75) is 0 Å². The molecule has 0 radical (unpaired) electrons. The second kappa shape index (κ2) is 8.62. The van der Waals surface area contributed by atoms with Gasteiger partial charge in [0, 0.05) is 11.8 Å². The van der Waals surface area contributed by atoms with Gasteiger partial charge in [0.1, 0.15) is 12.4 Å². The molecule has 2 rings (SSSR count). The van der Waals surface area contributed by atoms with Gasteiger partial charge < -0.3 is 20.1 Å². The molecule has 0 aliphatic rings. The van der Waals surface area contributed by atoms with Gasteiger partial charge in [-0.2, -0.15) is 0 Å². The van der Waals surface area contributed by atoms with Gasteiger partial charge in [-0.1, -0.05) is 0 Å². The van der Waals surface area contributed by atoms with Crippen LogP contribution in [-0.4, -0.2) is 32.3 Å². The first-order valence-corrected chi connectivity index (χ1v) is 7.30. The summed E-state index contributed by atoms with van der Waals surface area (Å²) in [4.78, 5) is 23.0. The summed E-state index contributed by atoms with van der Waals surface area (Å²) in [6.07, 6.45) is 0.